The molecule has 0 atom stereocenters. The first-order valence-electron chi connectivity index (χ1n) is 7.64. The van der Waals surface area contributed by atoms with E-state index in [-0.39, 0.29) is 0 Å². The van der Waals surface area contributed by atoms with Crippen LogP contribution in [0.3, 0.4) is 0 Å². The number of rotatable bonds is 4. The molecular weight excluding hydrogens is 398 g/mol. The van der Waals surface area contributed by atoms with Gasteiger partial charge in [0.15, 0.2) is 0 Å². The first kappa shape index (κ1) is 16.2. The zero-order valence-electron chi connectivity index (χ0n) is 13.4. The van der Waals surface area contributed by atoms with Crippen LogP contribution in [-0.4, -0.2) is 22.1 Å². The minimum Gasteiger partial charge on any atom is -0.497 e. The predicted molar refractivity (Wildman–Crippen MR) is 104 cm³/mol. The van der Waals surface area contributed by atoms with Crippen molar-refractivity contribution < 1.29 is 4.74 Å². The van der Waals surface area contributed by atoms with Crippen molar-refractivity contribution in [3.05, 3.63) is 65.4 Å². The number of ether oxygens (including phenoxy) is 1. The molecule has 2 aromatic heterocycles. The number of nitrogens with one attached hydrogen (secondary N) is 1. The molecule has 25 heavy (non-hydrogen) atoms. The first-order chi connectivity index (χ1) is 12.2. The second kappa shape index (κ2) is 6.90. The molecule has 2 aromatic carbocycles. The lowest BCUT2D eigenvalue weighted by Crippen LogP contribution is -1.84. The summed E-state index contributed by atoms with van der Waals surface area (Å²) >= 11 is 5.13. The molecule has 0 saturated carbocycles. The van der Waals surface area contributed by atoms with Crippen LogP contribution in [0.1, 0.15) is 0 Å². The van der Waals surface area contributed by atoms with E-state index < -0.39 is 0 Å². The molecule has 0 fully saturated rings. The molecule has 4 nitrogen and oxygen atoms in total. The summed E-state index contributed by atoms with van der Waals surface area (Å²) in [6, 6.07) is 18.2. The van der Waals surface area contributed by atoms with E-state index in [1.807, 2.05) is 36.4 Å². The fraction of sp³-hybridized carbons (Fsp3) is 0.0526. The van der Waals surface area contributed by atoms with Gasteiger partial charge < -0.3 is 9.72 Å². The second-order valence-corrected chi connectivity index (χ2v) is 7.39. The van der Waals surface area contributed by atoms with Crippen molar-refractivity contribution in [1.82, 2.24) is 15.0 Å². The van der Waals surface area contributed by atoms with Crippen LogP contribution in [0.25, 0.3) is 22.3 Å². The molecule has 0 saturated heterocycles. The van der Waals surface area contributed by atoms with Gasteiger partial charge in [-0.25, -0.2) is 9.97 Å². The number of aromatic nitrogens is 3. The number of H-pyrrole nitrogens is 1. The third-order valence-corrected chi connectivity index (χ3v) is 5.30. The van der Waals surface area contributed by atoms with Crippen molar-refractivity contribution in [3.8, 4) is 17.0 Å². The maximum atomic E-state index is 5.22. The lowest BCUT2D eigenvalue weighted by Gasteiger charge is -2.02. The van der Waals surface area contributed by atoms with Gasteiger partial charge in [-0.15, -0.1) is 0 Å². The summed E-state index contributed by atoms with van der Waals surface area (Å²) in [5.74, 6) is 0.838. The van der Waals surface area contributed by atoms with Crippen molar-refractivity contribution in [3.63, 3.8) is 0 Å². The lowest BCUT2D eigenvalue weighted by atomic mass is 10.1. The topological polar surface area (TPSA) is 50.8 Å². The highest BCUT2D eigenvalue weighted by Crippen LogP contribution is 2.34. The minimum absolute atomic E-state index is 0.832. The molecular formula is C19H14BrN3OS. The van der Waals surface area contributed by atoms with Gasteiger partial charge in [0, 0.05) is 15.1 Å². The molecule has 0 radical (unpaired) electrons. The largest absolute Gasteiger partial charge is 0.497 e. The van der Waals surface area contributed by atoms with Crippen LogP contribution in [0, 0.1) is 0 Å². The Hall–Kier alpha value is -2.31. The maximum absolute atomic E-state index is 5.22. The predicted octanol–water partition coefficient (Wildman–Crippen LogP) is 5.55. The maximum Gasteiger partial charge on any atom is 0.142 e. The standard InChI is InChI=1S/C19H14BrN3OS/c1-24-14-7-5-12(6-8-14)17-10-16-18(23-17)21-11-22-19(16)25-15-4-2-3-13(20)9-15/h2-11H,1H3,(H,21,22,23). The van der Waals surface area contributed by atoms with Gasteiger partial charge in [-0.2, -0.15) is 0 Å². The molecule has 0 aliphatic rings. The van der Waals surface area contributed by atoms with Crippen LogP contribution < -0.4 is 4.74 Å². The average molecular weight is 412 g/mol. The summed E-state index contributed by atoms with van der Waals surface area (Å²) in [5.41, 5.74) is 2.92. The summed E-state index contributed by atoms with van der Waals surface area (Å²) in [6.07, 6.45) is 1.59. The SMILES string of the molecule is COc1ccc(-c2cc3c(Sc4cccc(Br)c4)ncnc3[nH]2)cc1. The third kappa shape index (κ3) is 3.41. The molecule has 0 bridgehead atoms. The van der Waals surface area contributed by atoms with Crippen molar-refractivity contribution in [2.45, 2.75) is 9.92 Å². The van der Waals surface area contributed by atoms with Crippen LogP contribution in [0.15, 0.2) is 75.3 Å². The van der Waals surface area contributed by atoms with Crippen LogP contribution in [0.4, 0.5) is 0 Å². The molecule has 4 aromatic rings. The van der Waals surface area contributed by atoms with Gasteiger partial charge in [0.2, 0.25) is 0 Å². The number of nitrogens with zero attached hydrogens (tertiary/aromatic N) is 2. The highest BCUT2D eigenvalue weighted by molar-refractivity contribution is 9.10. The fourth-order valence-corrected chi connectivity index (χ4v) is 4.04. The van der Waals surface area contributed by atoms with Gasteiger partial charge in [0.1, 0.15) is 22.7 Å². The quantitative estimate of drug-likeness (QED) is 0.447. The zero-order valence-corrected chi connectivity index (χ0v) is 15.8. The van der Waals surface area contributed by atoms with E-state index in [1.165, 1.54) is 0 Å². The highest BCUT2D eigenvalue weighted by atomic mass is 79.9. The van der Waals surface area contributed by atoms with Crippen molar-refractivity contribution >= 4 is 38.7 Å². The van der Waals surface area contributed by atoms with Crippen LogP contribution in [-0.2, 0) is 0 Å². The molecule has 6 heteroatoms. The minimum atomic E-state index is 0.832. The van der Waals surface area contributed by atoms with Crippen molar-refractivity contribution in [2.24, 2.45) is 0 Å². The van der Waals surface area contributed by atoms with Crippen LogP contribution in [0.5, 0.6) is 5.75 Å². The average Bonchev–Trinajstić information content (AvgIpc) is 3.07. The van der Waals surface area contributed by atoms with Gasteiger partial charge >= 0.3 is 0 Å². The molecule has 0 spiro atoms. The Morgan fingerprint density at radius 1 is 1.04 bits per heavy atom. The van der Waals surface area contributed by atoms with Crippen molar-refractivity contribution in [2.75, 3.05) is 7.11 Å². The monoisotopic (exact) mass is 411 g/mol. The third-order valence-electron chi connectivity index (χ3n) is 3.80. The molecule has 124 valence electrons. The summed E-state index contributed by atoms with van der Waals surface area (Å²) in [6.45, 7) is 0. The Morgan fingerprint density at radius 2 is 1.88 bits per heavy atom. The molecule has 0 unspecified atom stereocenters. The van der Waals surface area contributed by atoms with Crippen molar-refractivity contribution in [1.29, 1.82) is 0 Å². The van der Waals surface area contributed by atoms with E-state index in [4.69, 9.17) is 4.74 Å². The van der Waals surface area contributed by atoms with E-state index in [2.05, 4.69) is 49.1 Å². The van der Waals surface area contributed by atoms with Gasteiger partial charge in [0.25, 0.3) is 0 Å². The van der Waals surface area contributed by atoms with E-state index in [0.717, 1.165) is 42.4 Å². The summed E-state index contributed by atoms with van der Waals surface area (Å²) in [7, 11) is 1.67. The lowest BCUT2D eigenvalue weighted by molar-refractivity contribution is 0.415. The van der Waals surface area contributed by atoms with Gasteiger partial charge in [-0.1, -0.05) is 33.8 Å². The number of aromatic amines is 1. The molecule has 4 rings (SSSR count). The highest BCUT2D eigenvalue weighted by Gasteiger charge is 2.11. The Kier molecular flexibility index (Phi) is 4.46. The summed E-state index contributed by atoms with van der Waals surface area (Å²) in [4.78, 5) is 13.3. The Labute approximate surface area is 157 Å². The van der Waals surface area contributed by atoms with Crippen LogP contribution in [0.2, 0.25) is 0 Å². The zero-order chi connectivity index (χ0) is 17.2. The smallest absolute Gasteiger partial charge is 0.142 e. The van der Waals surface area contributed by atoms with E-state index in [1.54, 1.807) is 25.2 Å². The summed E-state index contributed by atoms with van der Waals surface area (Å²) in [5, 5.41) is 1.94. The normalized spacial score (nSPS) is 11.0. The molecule has 1 N–H and O–H groups in total. The van der Waals surface area contributed by atoms with E-state index in [9.17, 15) is 0 Å². The van der Waals surface area contributed by atoms with Gasteiger partial charge in [-0.05, 0) is 54.1 Å². The van der Waals surface area contributed by atoms with Crippen LogP contribution >= 0.6 is 27.7 Å². The number of benzene rings is 2. The van der Waals surface area contributed by atoms with Gasteiger partial charge in [-0.3, -0.25) is 0 Å². The second-order valence-electron chi connectivity index (χ2n) is 5.41. The Morgan fingerprint density at radius 3 is 2.64 bits per heavy atom. The van der Waals surface area contributed by atoms with Gasteiger partial charge in [0.05, 0.1) is 12.5 Å². The number of hydrogen-bond donors (Lipinski definition) is 1. The van der Waals surface area contributed by atoms with E-state index in [0.29, 0.717) is 0 Å². The van der Waals surface area contributed by atoms with E-state index >= 15 is 0 Å². The summed E-state index contributed by atoms with van der Waals surface area (Å²) < 4.78 is 6.27. The fourth-order valence-electron chi connectivity index (χ4n) is 2.57. The Bertz CT molecular complexity index is 1030. The Balaban J connectivity index is 1.73. The molecule has 2 heterocycles. The molecule has 0 aliphatic carbocycles. The first-order valence-corrected chi connectivity index (χ1v) is 9.25. The number of fused-ring (bicyclic) bond motifs is 1. The number of methoxy groups -OCH3 is 1. The number of hydrogen-bond acceptors (Lipinski definition) is 4. The molecule has 0 amide bonds. The molecule has 0 aliphatic heterocycles. The number of halogens is 1.